The zero-order valence-corrected chi connectivity index (χ0v) is 9.93. The molecular weight excluding hydrogens is 220 g/mol. The van der Waals surface area contributed by atoms with Gasteiger partial charge in [-0.05, 0) is 44.0 Å². The van der Waals surface area contributed by atoms with Crippen LogP contribution in [-0.4, -0.2) is 22.8 Å². The third-order valence-corrected chi connectivity index (χ3v) is 3.52. The van der Waals surface area contributed by atoms with E-state index in [1.807, 2.05) is 0 Å². The average molecular weight is 236 g/mol. The van der Waals surface area contributed by atoms with Crippen molar-refractivity contribution < 1.29 is 19.7 Å². The van der Waals surface area contributed by atoms with Gasteiger partial charge in [-0.1, -0.05) is 0 Å². The molecule has 0 saturated carbocycles. The number of rotatable bonds is 2. The molecular formula is C13H16O4. The molecule has 0 aromatic heterocycles. The Balaban J connectivity index is 2.26. The second kappa shape index (κ2) is 3.95. The van der Waals surface area contributed by atoms with Crippen LogP contribution in [-0.2, 0) is 11.2 Å². The van der Waals surface area contributed by atoms with E-state index < -0.39 is 11.4 Å². The first-order chi connectivity index (χ1) is 7.91. The van der Waals surface area contributed by atoms with Crippen LogP contribution in [0, 0.1) is 11.3 Å². The van der Waals surface area contributed by atoms with Crippen molar-refractivity contribution in [2.75, 3.05) is 6.61 Å². The van der Waals surface area contributed by atoms with Gasteiger partial charge in [-0.2, -0.15) is 0 Å². The van der Waals surface area contributed by atoms with Crippen molar-refractivity contribution in [1.82, 2.24) is 0 Å². The van der Waals surface area contributed by atoms with Gasteiger partial charge in [0, 0.05) is 5.92 Å². The highest BCUT2D eigenvalue weighted by molar-refractivity contribution is 5.74. The standard InChI is InChI=1S/C13H16O4/c1-13(2,12(15)16)9-5-8-6-10(14)3-4-11(8)17-7-9/h3-4,6,9,14H,5,7H2,1-2H3,(H,15,16). The monoisotopic (exact) mass is 236 g/mol. The van der Waals surface area contributed by atoms with Crippen LogP contribution in [0.3, 0.4) is 0 Å². The van der Waals surface area contributed by atoms with E-state index in [0.717, 1.165) is 11.3 Å². The molecule has 2 N–H and O–H groups in total. The molecule has 1 aromatic rings. The Labute approximate surface area is 99.8 Å². The molecule has 4 heteroatoms. The number of phenols is 1. The topological polar surface area (TPSA) is 66.8 Å². The van der Waals surface area contributed by atoms with Crippen LogP contribution in [0.1, 0.15) is 19.4 Å². The molecule has 17 heavy (non-hydrogen) atoms. The summed E-state index contributed by atoms with van der Waals surface area (Å²) in [6, 6.07) is 4.93. The maximum atomic E-state index is 11.2. The first-order valence-corrected chi connectivity index (χ1v) is 5.59. The molecule has 1 heterocycles. The maximum absolute atomic E-state index is 11.2. The average Bonchev–Trinajstić information content (AvgIpc) is 2.27. The van der Waals surface area contributed by atoms with Crippen molar-refractivity contribution in [3.8, 4) is 11.5 Å². The van der Waals surface area contributed by atoms with E-state index in [4.69, 9.17) is 4.74 Å². The van der Waals surface area contributed by atoms with Crippen molar-refractivity contribution in [2.24, 2.45) is 11.3 Å². The van der Waals surface area contributed by atoms with Gasteiger partial charge in [-0.25, -0.2) is 0 Å². The van der Waals surface area contributed by atoms with Crippen molar-refractivity contribution in [1.29, 1.82) is 0 Å². The second-order valence-corrected chi connectivity index (χ2v) is 5.03. The zero-order valence-electron chi connectivity index (χ0n) is 9.93. The van der Waals surface area contributed by atoms with Crippen molar-refractivity contribution in [3.63, 3.8) is 0 Å². The molecule has 0 fully saturated rings. The highest BCUT2D eigenvalue weighted by atomic mass is 16.5. The Hall–Kier alpha value is -1.71. The van der Waals surface area contributed by atoms with Crippen LogP contribution in [0.25, 0.3) is 0 Å². The Kier molecular flexibility index (Phi) is 2.73. The lowest BCUT2D eigenvalue weighted by molar-refractivity contribution is -0.151. The quantitative estimate of drug-likeness (QED) is 0.824. The number of carboxylic acid groups (broad SMARTS) is 1. The van der Waals surface area contributed by atoms with Crippen LogP contribution >= 0.6 is 0 Å². The largest absolute Gasteiger partial charge is 0.508 e. The van der Waals surface area contributed by atoms with Gasteiger partial charge in [-0.3, -0.25) is 4.79 Å². The molecule has 1 aliphatic rings. The van der Waals surface area contributed by atoms with Crippen molar-refractivity contribution in [2.45, 2.75) is 20.3 Å². The number of carbonyl (C=O) groups is 1. The van der Waals surface area contributed by atoms with Crippen LogP contribution in [0.4, 0.5) is 0 Å². The van der Waals surface area contributed by atoms with Gasteiger partial charge in [0.05, 0.1) is 12.0 Å². The molecule has 1 atom stereocenters. The lowest BCUT2D eigenvalue weighted by Crippen LogP contribution is -2.39. The number of benzene rings is 1. The van der Waals surface area contributed by atoms with Gasteiger partial charge in [0.15, 0.2) is 0 Å². The first kappa shape index (κ1) is 11.8. The van der Waals surface area contributed by atoms with Crippen LogP contribution in [0.2, 0.25) is 0 Å². The highest BCUT2D eigenvalue weighted by Gasteiger charge is 2.39. The van der Waals surface area contributed by atoms with E-state index in [0.29, 0.717) is 13.0 Å². The zero-order chi connectivity index (χ0) is 12.6. The lowest BCUT2D eigenvalue weighted by Gasteiger charge is -2.34. The van der Waals surface area contributed by atoms with Crippen molar-refractivity contribution in [3.05, 3.63) is 23.8 Å². The summed E-state index contributed by atoms with van der Waals surface area (Å²) in [5, 5.41) is 18.6. The lowest BCUT2D eigenvalue weighted by atomic mass is 9.75. The summed E-state index contributed by atoms with van der Waals surface area (Å²) in [4.78, 5) is 11.2. The van der Waals surface area contributed by atoms with Gasteiger partial charge >= 0.3 is 5.97 Å². The third-order valence-electron chi connectivity index (χ3n) is 3.52. The number of aromatic hydroxyl groups is 1. The number of ether oxygens (including phenoxy) is 1. The van der Waals surface area contributed by atoms with Crippen LogP contribution in [0.15, 0.2) is 18.2 Å². The first-order valence-electron chi connectivity index (χ1n) is 5.59. The summed E-state index contributed by atoms with van der Waals surface area (Å²) < 4.78 is 5.55. The number of carboxylic acids is 1. The molecule has 0 bridgehead atoms. The van der Waals surface area contributed by atoms with Crippen molar-refractivity contribution >= 4 is 5.97 Å². The number of aliphatic carboxylic acids is 1. The molecule has 0 radical (unpaired) electrons. The summed E-state index contributed by atoms with van der Waals surface area (Å²) in [7, 11) is 0. The summed E-state index contributed by atoms with van der Waals surface area (Å²) in [5.74, 6) is 0.00497. The van der Waals surface area contributed by atoms with E-state index in [9.17, 15) is 15.0 Å². The number of fused-ring (bicyclic) bond motifs is 1. The fourth-order valence-corrected chi connectivity index (χ4v) is 2.02. The van der Waals surface area contributed by atoms with E-state index >= 15 is 0 Å². The van der Waals surface area contributed by atoms with E-state index in [1.54, 1.807) is 32.0 Å². The minimum Gasteiger partial charge on any atom is -0.508 e. The molecule has 0 aliphatic carbocycles. The molecule has 2 rings (SSSR count). The molecule has 1 aromatic carbocycles. The van der Waals surface area contributed by atoms with Crippen LogP contribution < -0.4 is 4.74 Å². The fraction of sp³-hybridized carbons (Fsp3) is 0.462. The van der Waals surface area contributed by atoms with Gasteiger partial charge in [0.25, 0.3) is 0 Å². The molecule has 4 nitrogen and oxygen atoms in total. The fourth-order valence-electron chi connectivity index (χ4n) is 2.02. The number of phenolic OH excluding ortho intramolecular Hbond substituents is 1. The second-order valence-electron chi connectivity index (χ2n) is 5.03. The SMILES string of the molecule is CC(C)(C(=O)O)C1COc2ccc(O)cc2C1. The minimum absolute atomic E-state index is 0.0886. The third kappa shape index (κ3) is 2.07. The molecule has 92 valence electrons. The molecule has 1 aliphatic heterocycles. The normalized spacial score (nSPS) is 19.3. The van der Waals surface area contributed by atoms with E-state index in [1.165, 1.54) is 0 Å². The van der Waals surface area contributed by atoms with Crippen LogP contribution in [0.5, 0.6) is 11.5 Å². The van der Waals surface area contributed by atoms with Gasteiger partial charge in [-0.15, -0.1) is 0 Å². The van der Waals surface area contributed by atoms with Gasteiger partial charge in [0.2, 0.25) is 0 Å². The summed E-state index contributed by atoms with van der Waals surface area (Å²) in [6.45, 7) is 3.81. The molecule has 0 amide bonds. The van der Waals surface area contributed by atoms with E-state index in [-0.39, 0.29) is 11.7 Å². The Morgan fingerprint density at radius 3 is 2.82 bits per heavy atom. The molecule has 1 unspecified atom stereocenters. The minimum atomic E-state index is -0.830. The predicted molar refractivity (Wildman–Crippen MR) is 62.2 cm³/mol. The summed E-state index contributed by atoms with van der Waals surface area (Å²) >= 11 is 0. The molecule has 0 saturated heterocycles. The maximum Gasteiger partial charge on any atom is 0.309 e. The predicted octanol–water partition coefficient (Wildman–Crippen LogP) is 2.05. The smallest absolute Gasteiger partial charge is 0.309 e. The number of hydrogen-bond acceptors (Lipinski definition) is 3. The van der Waals surface area contributed by atoms with Gasteiger partial charge in [0.1, 0.15) is 11.5 Å². The molecule has 0 spiro atoms. The Morgan fingerprint density at radius 2 is 2.18 bits per heavy atom. The number of hydrogen-bond donors (Lipinski definition) is 2. The highest BCUT2D eigenvalue weighted by Crippen LogP contribution is 2.37. The van der Waals surface area contributed by atoms with E-state index in [2.05, 4.69) is 0 Å². The van der Waals surface area contributed by atoms with Gasteiger partial charge < -0.3 is 14.9 Å². The Bertz CT molecular complexity index is 451. The summed E-state index contributed by atoms with van der Waals surface area (Å²) in [6.07, 6.45) is 0.614. The summed E-state index contributed by atoms with van der Waals surface area (Å²) in [5.41, 5.74) is 0.0407. The Morgan fingerprint density at radius 1 is 1.47 bits per heavy atom.